The summed E-state index contributed by atoms with van der Waals surface area (Å²) in [5.41, 5.74) is 5.73. The molecule has 0 aliphatic carbocycles. The molecule has 0 spiro atoms. The SMILES string of the molecule is COc1ccc(C2=NN3C(C2)c2cc(OC)ccc2OC3c2ccc(C(C)(C)C)cc2)cc1. The van der Waals surface area contributed by atoms with E-state index in [1.807, 2.05) is 24.3 Å². The van der Waals surface area contributed by atoms with Gasteiger partial charge in [-0.05, 0) is 59.0 Å². The molecule has 0 aromatic heterocycles. The summed E-state index contributed by atoms with van der Waals surface area (Å²) < 4.78 is 17.3. The van der Waals surface area contributed by atoms with Gasteiger partial charge in [0.15, 0.2) is 0 Å². The number of ether oxygens (including phenoxy) is 3. The van der Waals surface area contributed by atoms with Crippen LogP contribution in [0.25, 0.3) is 0 Å². The summed E-state index contributed by atoms with van der Waals surface area (Å²) in [7, 11) is 3.37. The normalized spacial score (nSPS) is 19.3. The molecule has 0 fully saturated rings. The molecule has 0 saturated heterocycles. The third kappa shape index (κ3) is 3.92. The Hall–Kier alpha value is -3.47. The molecule has 170 valence electrons. The first-order valence-corrected chi connectivity index (χ1v) is 11.3. The van der Waals surface area contributed by atoms with Gasteiger partial charge in [0.25, 0.3) is 0 Å². The van der Waals surface area contributed by atoms with Gasteiger partial charge in [-0.25, -0.2) is 5.01 Å². The molecule has 0 N–H and O–H groups in total. The van der Waals surface area contributed by atoms with Gasteiger partial charge in [-0.15, -0.1) is 0 Å². The molecule has 5 heteroatoms. The fourth-order valence-electron chi connectivity index (χ4n) is 4.52. The lowest BCUT2D eigenvalue weighted by atomic mass is 9.86. The zero-order valence-corrected chi connectivity index (χ0v) is 19.8. The molecule has 0 bridgehead atoms. The lowest BCUT2D eigenvalue weighted by molar-refractivity contribution is -0.0191. The Morgan fingerprint density at radius 1 is 0.879 bits per heavy atom. The van der Waals surface area contributed by atoms with E-state index in [0.717, 1.165) is 46.1 Å². The van der Waals surface area contributed by atoms with E-state index < -0.39 is 0 Å². The molecule has 2 heterocycles. The topological polar surface area (TPSA) is 43.3 Å². The molecule has 5 nitrogen and oxygen atoms in total. The van der Waals surface area contributed by atoms with Crippen molar-refractivity contribution < 1.29 is 14.2 Å². The number of hydrogen-bond donors (Lipinski definition) is 0. The summed E-state index contributed by atoms with van der Waals surface area (Å²) in [4.78, 5) is 0. The molecule has 33 heavy (non-hydrogen) atoms. The van der Waals surface area contributed by atoms with Crippen LogP contribution in [0.4, 0.5) is 0 Å². The zero-order valence-electron chi connectivity index (χ0n) is 19.8. The van der Waals surface area contributed by atoms with Crippen molar-refractivity contribution in [2.24, 2.45) is 5.10 Å². The maximum absolute atomic E-state index is 6.52. The Balaban J connectivity index is 1.55. The largest absolute Gasteiger partial charge is 0.497 e. The van der Waals surface area contributed by atoms with Crippen molar-refractivity contribution in [3.05, 3.63) is 89.0 Å². The number of fused-ring (bicyclic) bond motifs is 3. The third-order valence-corrected chi connectivity index (χ3v) is 6.48. The van der Waals surface area contributed by atoms with Gasteiger partial charge >= 0.3 is 0 Å². The van der Waals surface area contributed by atoms with Gasteiger partial charge in [-0.3, -0.25) is 0 Å². The standard InChI is InChI=1S/C28H30N2O3/c1-28(2,3)20-10-6-19(7-11-20)27-30-25(23-16-22(32-5)14-15-26(23)33-27)17-24(29-30)18-8-12-21(31-4)13-9-18/h6-16,25,27H,17H2,1-5H3. The highest BCUT2D eigenvalue weighted by atomic mass is 16.5. The first kappa shape index (κ1) is 21.4. The van der Waals surface area contributed by atoms with E-state index >= 15 is 0 Å². The van der Waals surface area contributed by atoms with Crippen molar-refractivity contribution in [2.45, 2.75) is 44.9 Å². The zero-order chi connectivity index (χ0) is 23.2. The van der Waals surface area contributed by atoms with Gasteiger partial charge in [0.1, 0.15) is 17.2 Å². The fourth-order valence-corrected chi connectivity index (χ4v) is 4.52. The molecule has 0 saturated carbocycles. The Kier molecular flexibility index (Phi) is 5.28. The molecule has 2 atom stereocenters. The van der Waals surface area contributed by atoms with Crippen LogP contribution in [0.2, 0.25) is 0 Å². The second kappa shape index (κ2) is 8.14. The minimum absolute atomic E-state index is 0.0771. The van der Waals surface area contributed by atoms with Crippen molar-refractivity contribution in [3.8, 4) is 17.2 Å². The first-order valence-electron chi connectivity index (χ1n) is 11.3. The van der Waals surface area contributed by atoms with Gasteiger partial charge < -0.3 is 14.2 Å². The summed E-state index contributed by atoms with van der Waals surface area (Å²) in [5, 5.41) is 7.17. The summed E-state index contributed by atoms with van der Waals surface area (Å²) in [6.45, 7) is 6.68. The number of benzene rings is 3. The van der Waals surface area contributed by atoms with Crippen molar-refractivity contribution in [3.63, 3.8) is 0 Å². The predicted molar refractivity (Wildman–Crippen MR) is 130 cm³/mol. The molecule has 5 rings (SSSR count). The molecule has 2 aliphatic heterocycles. The van der Waals surface area contributed by atoms with E-state index in [4.69, 9.17) is 19.3 Å². The number of hydrazone groups is 1. The van der Waals surface area contributed by atoms with Crippen molar-refractivity contribution in [1.82, 2.24) is 5.01 Å². The number of rotatable bonds is 4. The maximum Gasteiger partial charge on any atom is 0.213 e. The number of methoxy groups -OCH3 is 2. The lowest BCUT2D eigenvalue weighted by Crippen LogP contribution is -2.33. The van der Waals surface area contributed by atoms with Gasteiger partial charge in [-0.2, -0.15) is 5.10 Å². The minimum Gasteiger partial charge on any atom is -0.497 e. The summed E-state index contributed by atoms with van der Waals surface area (Å²) >= 11 is 0. The fraction of sp³-hybridized carbons (Fsp3) is 0.321. The van der Waals surface area contributed by atoms with E-state index in [1.54, 1.807) is 14.2 Å². The molecule has 2 aliphatic rings. The van der Waals surface area contributed by atoms with Crippen LogP contribution in [-0.4, -0.2) is 24.9 Å². The lowest BCUT2D eigenvalue weighted by Gasteiger charge is -2.38. The second-order valence-corrected chi connectivity index (χ2v) is 9.62. The highest BCUT2D eigenvalue weighted by Crippen LogP contribution is 2.48. The van der Waals surface area contributed by atoms with Crippen LogP contribution >= 0.6 is 0 Å². The van der Waals surface area contributed by atoms with Gasteiger partial charge in [-0.1, -0.05) is 45.0 Å². The van der Waals surface area contributed by atoms with Crippen LogP contribution in [0.1, 0.15) is 61.7 Å². The van der Waals surface area contributed by atoms with Crippen molar-refractivity contribution in [1.29, 1.82) is 0 Å². The highest BCUT2D eigenvalue weighted by Gasteiger charge is 2.41. The molecule has 2 unspecified atom stereocenters. The Labute approximate surface area is 195 Å². The summed E-state index contributed by atoms with van der Waals surface area (Å²) in [5.74, 6) is 2.54. The van der Waals surface area contributed by atoms with E-state index in [2.05, 4.69) is 68.2 Å². The first-order chi connectivity index (χ1) is 15.9. The number of hydrogen-bond acceptors (Lipinski definition) is 5. The Morgan fingerprint density at radius 3 is 2.18 bits per heavy atom. The van der Waals surface area contributed by atoms with Crippen LogP contribution in [0.3, 0.4) is 0 Å². The predicted octanol–water partition coefficient (Wildman–Crippen LogP) is 6.24. The molecule has 3 aromatic rings. The molecule has 3 aromatic carbocycles. The number of nitrogens with zero attached hydrogens (tertiary/aromatic N) is 2. The van der Waals surface area contributed by atoms with E-state index in [1.165, 1.54) is 5.56 Å². The van der Waals surface area contributed by atoms with Crippen LogP contribution < -0.4 is 14.2 Å². The Bertz CT molecular complexity index is 1180. The summed E-state index contributed by atoms with van der Waals surface area (Å²) in [6, 6.07) is 22.9. The monoisotopic (exact) mass is 442 g/mol. The summed E-state index contributed by atoms with van der Waals surface area (Å²) in [6.07, 6.45) is 0.507. The smallest absolute Gasteiger partial charge is 0.213 e. The van der Waals surface area contributed by atoms with E-state index in [9.17, 15) is 0 Å². The maximum atomic E-state index is 6.52. The molecular weight excluding hydrogens is 412 g/mol. The molecule has 0 amide bonds. The van der Waals surface area contributed by atoms with E-state index in [-0.39, 0.29) is 17.7 Å². The quantitative estimate of drug-likeness (QED) is 0.479. The van der Waals surface area contributed by atoms with Gasteiger partial charge in [0.05, 0.1) is 26.0 Å². The Morgan fingerprint density at radius 2 is 1.55 bits per heavy atom. The van der Waals surface area contributed by atoms with Crippen LogP contribution in [0.15, 0.2) is 71.8 Å². The third-order valence-electron chi connectivity index (χ3n) is 6.48. The van der Waals surface area contributed by atoms with Crippen LogP contribution in [0.5, 0.6) is 17.2 Å². The van der Waals surface area contributed by atoms with E-state index in [0.29, 0.717) is 0 Å². The molecule has 0 radical (unpaired) electrons. The highest BCUT2D eigenvalue weighted by molar-refractivity contribution is 6.02. The minimum atomic E-state index is -0.291. The van der Waals surface area contributed by atoms with Crippen molar-refractivity contribution >= 4 is 5.71 Å². The molecular formula is C28H30N2O3. The van der Waals surface area contributed by atoms with Crippen LogP contribution in [0, 0.1) is 0 Å². The van der Waals surface area contributed by atoms with Crippen LogP contribution in [-0.2, 0) is 5.41 Å². The second-order valence-electron chi connectivity index (χ2n) is 9.62. The van der Waals surface area contributed by atoms with Gasteiger partial charge in [0.2, 0.25) is 6.23 Å². The van der Waals surface area contributed by atoms with Crippen molar-refractivity contribution in [2.75, 3.05) is 14.2 Å². The van der Waals surface area contributed by atoms with Gasteiger partial charge in [0, 0.05) is 17.5 Å². The average molecular weight is 443 g/mol. The average Bonchev–Trinajstić information content (AvgIpc) is 3.28.